The van der Waals surface area contributed by atoms with Gasteiger partial charge in [-0.15, -0.1) is 5.10 Å². The molecule has 4 heterocycles. The second kappa shape index (κ2) is 31.1. The first kappa shape index (κ1) is 79.9. The van der Waals surface area contributed by atoms with Crippen LogP contribution in [0.4, 0.5) is 0 Å². The van der Waals surface area contributed by atoms with Gasteiger partial charge in [0.2, 0.25) is 5.91 Å². The number of aliphatic hydroxyl groups is 2. The maximum Gasteiger partial charge on any atom is 0.303 e. The molecule has 574 valence electrons. The summed E-state index contributed by atoms with van der Waals surface area (Å²) in [5.41, 5.74) is -1.02. The highest BCUT2D eigenvalue weighted by Crippen LogP contribution is 2.76. The first-order valence-electron chi connectivity index (χ1n) is 35.2. The summed E-state index contributed by atoms with van der Waals surface area (Å²) in [6.07, 6.45) is -18.8. The van der Waals surface area contributed by atoms with Gasteiger partial charge in [0, 0.05) is 69.2 Å². The summed E-state index contributed by atoms with van der Waals surface area (Å²) in [6, 6.07) is 0. The van der Waals surface area contributed by atoms with E-state index in [1.807, 2.05) is 0 Å². The number of carbonyl (C=O) groups excluding carboxylic acids is 11. The topological polar surface area (TPSA) is 409 Å². The van der Waals surface area contributed by atoms with Gasteiger partial charge in [-0.2, -0.15) is 0 Å². The van der Waals surface area contributed by atoms with Crippen molar-refractivity contribution in [1.82, 2.24) is 20.3 Å². The number of esters is 10. The molecule has 4 saturated carbocycles. The van der Waals surface area contributed by atoms with Gasteiger partial charge in [0.25, 0.3) is 0 Å². The van der Waals surface area contributed by atoms with Crippen LogP contribution in [0.3, 0.4) is 0 Å². The third kappa shape index (κ3) is 16.4. The molecular formula is C71H102N4O28. The average Bonchev–Trinajstić information content (AvgIpc) is 0.867. The number of fused-ring (bicyclic) bond motifs is 7. The molecule has 7 fully saturated rings. The van der Waals surface area contributed by atoms with Gasteiger partial charge >= 0.3 is 59.7 Å². The Morgan fingerprint density at radius 2 is 0.951 bits per heavy atom. The van der Waals surface area contributed by atoms with Crippen LogP contribution in [0.5, 0.6) is 0 Å². The highest BCUT2D eigenvalue weighted by molar-refractivity contribution is 5.85. The molecule has 1 aromatic heterocycles. The van der Waals surface area contributed by atoms with Gasteiger partial charge in [0.05, 0.1) is 30.4 Å². The van der Waals surface area contributed by atoms with Crippen molar-refractivity contribution in [2.75, 3.05) is 19.8 Å². The Kier molecular flexibility index (Phi) is 24.1. The number of aromatic nitrogens is 3. The van der Waals surface area contributed by atoms with E-state index in [1.165, 1.54) is 11.8 Å². The Bertz CT molecular complexity index is 3430. The Hall–Kier alpha value is -7.23. The van der Waals surface area contributed by atoms with Gasteiger partial charge in [-0.25, -0.2) is 4.68 Å². The number of allylic oxidation sites excluding steroid dienone is 2. The number of nitrogens with one attached hydrogen (secondary N) is 1. The molecule has 3 N–H and O–H groups in total. The van der Waals surface area contributed by atoms with Gasteiger partial charge in [-0.3, -0.25) is 52.7 Å². The lowest BCUT2D eigenvalue weighted by Gasteiger charge is -2.71. The maximum absolute atomic E-state index is 15.4. The van der Waals surface area contributed by atoms with Crippen molar-refractivity contribution >= 4 is 65.6 Å². The van der Waals surface area contributed by atoms with E-state index < -0.39 is 195 Å². The molecular weight excluding hydrogens is 1360 g/mol. The third-order valence-electron chi connectivity index (χ3n) is 23.2. The summed E-state index contributed by atoms with van der Waals surface area (Å²) in [5.74, 6) is -9.81. The fourth-order valence-corrected chi connectivity index (χ4v) is 18.6. The predicted molar refractivity (Wildman–Crippen MR) is 348 cm³/mol. The van der Waals surface area contributed by atoms with Gasteiger partial charge in [-0.1, -0.05) is 65.3 Å². The number of nitrogens with zero attached hydrogens (tertiary/aromatic N) is 3. The van der Waals surface area contributed by atoms with E-state index in [1.54, 1.807) is 0 Å². The van der Waals surface area contributed by atoms with Crippen LogP contribution in [0.15, 0.2) is 17.8 Å². The fourth-order valence-electron chi connectivity index (χ4n) is 18.6. The van der Waals surface area contributed by atoms with Crippen LogP contribution in [-0.2, 0) is 130 Å². The molecule has 32 nitrogen and oxygen atoms in total. The molecule has 0 aromatic carbocycles. The van der Waals surface area contributed by atoms with E-state index >= 15 is 4.79 Å². The monoisotopic (exact) mass is 1460 g/mol. The SMILES string of the molecule is CC(=O)OC[C@@H]1O[C@H](n2cc(CNC(=O)[C@]34CCC(C)(C)CC3C3=CCC5[C@@]6(C)CC[C@H](O)C(C)(C)C6CC[C@@]5(C)[C@]3(C)C[C@H]4O)nn2)[C@@H](OC(C)=O)[C@H](OC(C)=O)[C@H]1O[C@@H]1O[C@@H](COC(C)=O)[C@H](O[C@@H]2O[C@@H](COC(C)=O)[C@H](OC(C)=O)[C@@H](OC(C)=O)[C@@H]2OC(C)=O)[C@@H](OC(C)=O)[C@@H]1OC(C)=O. The van der Waals surface area contributed by atoms with E-state index in [9.17, 15) is 58.2 Å². The summed E-state index contributed by atoms with van der Waals surface area (Å²) in [7, 11) is 0. The minimum atomic E-state index is -2.10. The predicted octanol–water partition coefficient (Wildman–Crippen LogP) is 4.36. The minimum Gasteiger partial charge on any atom is -0.463 e. The molecule has 24 atom stereocenters. The highest BCUT2D eigenvalue weighted by atomic mass is 16.8. The molecule has 1 aromatic rings. The number of ether oxygens (including phenoxy) is 15. The van der Waals surface area contributed by atoms with Crippen LogP contribution < -0.4 is 5.32 Å². The summed E-state index contributed by atoms with van der Waals surface area (Å²) >= 11 is 0. The van der Waals surface area contributed by atoms with Crippen LogP contribution in [0.25, 0.3) is 0 Å². The first-order chi connectivity index (χ1) is 48.1. The highest BCUT2D eigenvalue weighted by Gasteiger charge is 2.72. The molecule has 5 aliphatic carbocycles. The Morgan fingerprint density at radius 1 is 0.505 bits per heavy atom. The smallest absolute Gasteiger partial charge is 0.303 e. The molecule has 9 rings (SSSR count). The lowest BCUT2D eigenvalue weighted by Crippen LogP contribution is -2.68. The maximum atomic E-state index is 15.4. The van der Waals surface area contributed by atoms with Gasteiger partial charge < -0.3 is 86.6 Å². The zero-order valence-electron chi connectivity index (χ0n) is 61.7. The van der Waals surface area contributed by atoms with E-state index in [4.69, 9.17) is 71.1 Å². The van der Waals surface area contributed by atoms with Crippen LogP contribution >= 0.6 is 0 Å². The molecule has 0 bridgehead atoms. The number of hydrogen-bond acceptors (Lipinski definition) is 30. The molecule has 0 spiro atoms. The van der Waals surface area contributed by atoms with E-state index in [0.717, 1.165) is 106 Å². The lowest BCUT2D eigenvalue weighted by molar-refractivity contribution is -0.375. The second-order valence-corrected chi connectivity index (χ2v) is 31.0. The summed E-state index contributed by atoms with van der Waals surface area (Å²) in [6.45, 7) is 23.5. The quantitative estimate of drug-likeness (QED) is 0.0874. The molecule has 1 amide bonds. The number of rotatable bonds is 21. The van der Waals surface area contributed by atoms with Gasteiger partial charge in [0.15, 0.2) is 61.5 Å². The first-order valence-corrected chi connectivity index (χ1v) is 35.2. The van der Waals surface area contributed by atoms with Crippen LogP contribution in [0.1, 0.15) is 187 Å². The average molecular weight is 1460 g/mol. The Balaban J connectivity index is 1.04. The molecule has 3 unspecified atom stereocenters. The lowest BCUT2D eigenvalue weighted by atomic mass is 9.33. The molecule has 8 aliphatic rings. The normalized spacial score (nSPS) is 38.4. The standard InChI is InChI=1S/C71H102N4O28/c1-33(76)89-30-46-54(102-64-61(98-42(10)85)58(95-39(7)82)55(48(101-64)32-91-35(3)78)103-63-60(97-41(9)84)57(94-38(6)81)53(92-36(4)79)47(100-63)31-90-34(2)77)56(93-37(5)80)59(96-40(8)83)62(99-46)75-29-43(73-74-75)28-72-65(88)71-25-24-66(11,12)26-45(71)44-18-19-50-68(15)22-21-51(86)67(13,14)49(68)20-23-69(50,16)70(44,17)27-52(71)87/h18,29,45-64,86-87H,19-28,30-32H2,1-17H3,(H,72,88)/t45?,46-,47-,48-,49?,50?,51-,52+,53-,54-,55-,56+,57+,58+,59-,60-,61-,62-,63-,64-,68-,69+,70+,71+/m0/s1. The number of carbonyl (C=O) groups is 11. The van der Waals surface area contributed by atoms with Crippen molar-refractivity contribution in [3.63, 3.8) is 0 Å². The molecule has 3 aliphatic heterocycles. The number of hydrogen-bond donors (Lipinski definition) is 3. The van der Waals surface area contributed by atoms with E-state index in [-0.39, 0.29) is 51.6 Å². The third-order valence-corrected chi connectivity index (χ3v) is 23.2. The zero-order valence-corrected chi connectivity index (χ0v) is 61.7. The molecule has 0 radical (unpaired) electrons. The van der Waals surface area contributed by atoms with Crippen molar-refractivity contribution < 1.29 is 134 Å². The molecule has 3 saturated heterocycles. The van der Waals surface area contributed by atoms with Crippen LogP contribution in [0.2, 0.25) is 0 Å². The van der Waals surface area contributed by atoms with Gasteiger partial charge in [0.1, 0.15) is 56.0 Å². The van der Waals surface area contributed by atoms with Crippen LogP contribution in [-0.4, -0.2) is 209 Å². The Morgan fingerprint density at radius 3 is 1.45 bits per heavy atom. The fraction of sp³-hybridized carbons (Fsp3) is 0.789. The number of aliphatic hydroxyl groups excluding tert-OH is 2. The van der Waals surface area contributed by atoms with Crippen molar-refractivity contribution in [1.29, 1.82) is 0 Å². The van der Waals surface area contributed by atoms with Crippen molar-refractivity contribution in [2.24, 2.45) is 50.2 Å². The van der Waals surface area contributed by atoms with Crippen molar-refractivity contribution in [3.05, 3.63) is 23.5 Å². The van der Waals surface area contributed by atoms with Crippen LogP contribution in [0, 0.1) is 50.2 Å². The van der Waals surface area contributed by atoms with Crippen molar-refractivity contribution in [3.8, 4) is 0 Å². The minimum absolute atomic E-state index is 0.0555. The van der Waals surface area contributed by atoms with E-state index in [2.05, 4.69) is 70.2 Å². The zero-order chi connectivity index (χ0) is 76.0. The number of amides is 1. The molecule has 32 heteroatoms. The summed E-state index contributed by atoms with van der Waals surface area (Å²) in [5, 5.41) is 36.1. The largest absolute Gasteiger partial charge is 0.463 e. The summed E-state index contributed by atoms with van der Waals surface area (Å²) < 4.78 is 90.3. The molecule has 103 heavy (non-hydrogen) atoms. The van der Waals surface area contributed by atoms with E-state index in [0.29, 0.717) is 31.6 Å². The van der Waals surface area contributed by atoms with Crippen molar-refractivity contribution in [2.45, 2.75) is 286 Å². The Labute approximate surface area is 597 Å². The van der Waals surface area contributed by atoms with Gasteiger partial charge in [-0.05, 0) is 103 Å². The summed E-state index contributed by atoms with van der Waals surface area (Å²) in [4.78, 5) is 145. The second-order valence-electron chi connectivity index (χ2n) is 31.0.